The molecule has 0 unspecified atom stereocenters. The van der Waals surface area contributed by atoms with E-state index in [9.17, 15) is 0 Å². The second kappa shape index (κ2) is 6.33. The van der Waals surface area contributed by atoms with Crippen molar-refractivity contribution in [2.45, 2.75) is 26.0 Å². The molecule has 0 aromatic carbocycles. The molecule has 8 nitrogen and oxygen atoms in total. The molecule has 8 heteroatoms. The Labute approximate surface area is 134 Å². The van der Waals surface area contributed by atoms with Crippen molar-refractivity contribution in [1.82, 2.24) is 29.5 Å². The van der Waals surface area contributed by atoms with Crippen molar-refractivity contribution in [3.63, 3.8) is 0 Å². The van der Waals surface area contributed by atoms with Gasteiger partial charge in [-0.25, -0.2) is 9.97 Å². The highest BCUT2D eigenvalue weighted by molar-refractivity contribution is 5.86. The Kier molecular flexibility index (Phi) is 4.24. The topological polar surface area (TPSA) is 82.7 Å². The molecule has 1 N–H and O–H groups in total. The third kappa shape index (κ3) is 2.89. The molecule has 3 rings (SSSR count). The number of nitrogens with zero attached hydrogens (tertiary/aromatic N) is 6. The molecular weight excluding hydrogens is 294 g/mol. The fourth-order valence-corrected chi connectivity index (χ4v) is 2.65. The van der Waals surface area contributed by atoms with Crippen molar-refractivity contribution in [1.29, 1.82) is 0 Å². The van der Waals surface area contributed by atoms with Crippen LogP contribution in [0.3, 0.4) is 0 Å². The van der Waals surface area contributed by atoms with Gasteiger partial charge in [-0.1, -0.05) is 6.92 Å². The molecule has 0 aliphatic heterocycles. The van der Waals surface area contributed by atoms with Gasteiger partial charge >= 0.3 is 0 Å². The molecule has 0 saturated carbocycles. The van der Waals surface area contributed by atoms with E-state index >= 15 is 0 Å². The Morgan fingerprint density at radius 3 is 2.70 bits per heavy atom. The average Bonchev–Trinajstić information content (AvgIpc) is 3.12. The summed E-state index contributed by atoms with van der Waals surface area (Å²) < 4.78 is 8.79. The van der Waals surface area contributed by atoms with Crippen LogP contribution in [-0.4, -0.2) is 36.6 Å². The fraction of sp³-hybridized carbons (Fsp3) is 0.467. The Morgan fingerprint density at radius 1 is 1.22 bits per heavy atom. The van der Waals surface area contributed by atoms with E-state index in [4.69, 9.17) is 4.74 Å². The lowest BCUT2D eigenvalue weighted by Gasteiger charge is -2.18. The van der Waals surface area contributed by atoms with Gasteiger partial charge in [-0.15, -0.1) is 0 Å². The first kappa shape index (κ1) is 15.4. The van der Waals surface area contributed by atoms with Crippen molar-refractivity contribution < 1.29 is 4.74 Å². The van der Waals surface area contributed by atoms with Crippen LogP contribution in [-0.2, 0) is 25.4 Å². The normalized spacial score (nSPS) is 12.7. The van der Waals surface area contributed by atoms with Gasteiger partial charge in [-0.3, -0.25) is 9.36 Å². The quantitative estimate of drug-likeness (QED) is 0.747. The van der Waals surface area contributed by atoms with E-state index in [1.54, 1.807) is 24.2 Å². The molecule has 0 spiro atoms. The maximum Gasteiger partial charge on any atom is 0.163 e. The van der Waals surface area contributed by atoms with Gasteiger partial charge in [0.05, 0.1) is 23.3 Å². The lowest BCUT2D eigenvalue weighted by atomic mass is 10.1. The standard InChI is InChI=1S/C15H21N7O/c1-5-11(12-6-7-16-21(12)2)18-14-10-8-17-22(3)15(10)20-13(19-14)9-23-4/h6-8,11H,5,9H2,1-4H3,(H,18,19,20)/t11-/m1/s1. The lowest BCUT2D eigenvalue weighted by Crippen LogP contribution is -2.16. The molecule has 0 bridgehead atoms. The SMILES string of the molecule is CC[C@@H](Nc1nc(COC)nc2c1cnn2C)c1ccnn1C. The van der Waals surface area contributed by atoms with Gasteiger partial charge in [-0.05, 0) is 12.5 Å². The minimum Gasteiger partial charge on any atom is -0.377 e. The summed E-state index contributed by atoms with van der Waals surface area (Å²) in [5.74, 6) is 1.40. The lowest BCUT2D eigenvalue weighted by molar-refractivity contribution is 0.178. The Morgan fingerprint density at radius 2 is 2.04 bits per heavy atom. The first-order valence-corrected chi connectivity index (χ1v) is 7.56. The Hall–Kier alpha value is -2.48. The van der Waals surface area contributed by atoms with E-state index in [1.807, 2.05) is 24.8 Å². The number of anilines is 1. The van der Waals surface area contributed by atoms with Crippen LogP contribution in [0.5, 0.6) is 0 Å². The second-order valence-electron chi connectivity index (χ2n) is 5.41. The maximum atomic E-state index is 5.17. The molecule has 0 fully saturated rings. The zero-order valence-electron chi connectivity index (χ0n) is 13.8. The second-order valence-corrected chi connectivity index (χ2v) is 5.41. The van der Waals surface area contributed by atoms with Crippen LogP contribution in [0.4, 0.5) is 5.82 Å². The molecule has 0 radical (unpaired) electrons. The highest BCUT2D eigenvalue weighted by Gasteiger charge is 2.17. The van der Waals surface area contributed by atoms with Gasteiger partial charge < -0.3 is 10.1 Å². The van der Waals surface area contributed by atoms with Crippen LogP contribution in [0.2, 0.25) is 0 Å². The molecule has 0 saturated heterocycles. The van der Waals surface area contributed by atoms with Gasteiger partial charge in [0.15, 0.2) is 11.5 Å². The van der Waals surface area contributed by atoms with E-state index < -0.39 is 0 Å². The summed E-state index contributed by atoms with van der Waals surface area (Å²) in [5, 5.41) is 12.9. The smallest absolute Gasteiger partial charge is 0.163 e. The third-order valence-electron chi connectivity index (χ3n) is 3.85. The van der Waals surface area contributed by atoms with E-state index in [0.29, 0.717) is 12.4 Å². The summed E-state index contributed by atoms with van der Waals surface area (Å²) in [7, 11) is 5.44. The highest BCUT2D eigenvalue weighted by atomic mass is 16.5. The van der Waals surface area contributed by atoms with E-state index in [-0.39, 0.29) is 6.04 Å². The number of hydrogen-bond donors (Lipinski definition) is 1. The van der Waals surface area contributed by atoms with Gasteiger partial charge in [0.1, 0.15) is 12.4 Å². The predicted molar refractivity (Wildman–Crippen MR) is 86.9 cm³/mol. The third-order valence-corrected chi connectivity index (χ3v) is 3.85. The predicted octanol–water partition coefficient (Wildman–Crippen LogP) is 1.81. The van der Waals surface area contributed by atoms with Crippen LogP contribution in [0, 0.1) is 0 Å². The highest BCUT2D eigenvalue weighted by Crippen LogP contribution is 2.26. The van der Waals surface area contributed by atoms with Crippen molar-refractivity contribution >= 4 is 16.9 Å². The van der Waals surface area contributed by atoms with Crippen LogP contribution in [0.25, 0.3) is 11.0 Å². The molecule has 23 heavy (non-hydrogen) atoms. The van der Waals surface area contributed by atoms with Crippen molar-refractivity contribution in [3.8, 4) is 0 Å². The van der Waals surface area contributed by atoms with Crippen LogP contribution >= 0.6 is 0 Å². The molecule has 0 amide bonds. The van der Waals surface area contributed by atoms with E-state index in [1.165, 1.54) is 0 Å². The van der Waals surface area contributed by atoms with E-state index in [2.05, 4.69) is 32.4 Å². The molecule has 0 aliphatic rings. The molecule has 3 aromatic rings. The number of aryl methyl sites for hydroxylation is 2. The number of ether oxygens (including phenoxy) is 1. The number of nitrogens with one attached hydrogen (secondary N) is 1. The minimum absolute atomic E-state index is 0.108. The minimum atomic E-state index is 0.108. The van der Waals surface area contributed by atoms with Gasteiger partial charge in [-0.2, -0.15) is 10.2 Å². The number of fused-ring (bicyclic) bond motifs is 1. The van der Waals surface area contributed by atoms with Crippen molar-refractivity contribution in [2.24, 2.45) is 14.1 Å². The maximum absolute atomic E-state index is 5.17. The summed E-state index contributed by atoms with van der Waals surface area (Å²) in [6.45, 7) is 2.49. The molecule has 3 heterocycles. The summed E-state index contributed by atoms with van der Waals surface area (Å²) in [6, 6.07) is 2.12. The Balaban J connectivity index is 2.02. The van der Waals surface area contributed by atoms with Crippen molar-refractivity contribution in [3.05, 3.63) is 30.0 Å². The first-order valence-electron chi connectivity index (χ1n) is 7.56. The molecule has 3 aromatic heterocycles. The van der Waals surface area contributed by atoms with Crippen LogP contribution in [0.1, 0.15) is 30.9 Å². The number of methoxy groups -OCH3 is 1. The van der Waals surface area contributed by atoms with Gasteiger partial charge in [0.2, 0.25) is 0 Å². The summed E-state index contributed by atoms with van der Waals surface area (Å²) in [6.07, 6.45) is 4.49. The number of rotatable bonds is 6. The largest absolute Gasteiger partial charge is 0.377 e. The fourth-order valence-electron chi connectivity index (χ4n) is 2.65. The van der Waals surface area contributed by atoms with Crippen molar-refractivity contribution in [2.75, 3.05) is 12.4 Å². The summed E-state index contributed by atoms with van der Waals surface area (Å²) in [4.78, 5) is 9.11. The summed E-state index contributed by atoms with van der Waals surface area (Å²) in [5.41, 5.74) is 1.89. The molecular formula is C15H21N7O. The Bertz CT molecular complexity index is 807. The zero-order valence-corrected chi connectivity index (χ0v) is 13.8. The zero-order chi connectivity index (χ0) is 16.4. The van der Waals surface area contributed by atoms with Gasteiger partial charge in [0, 0.05) is 27.4 Å². The monoisotopic (exact) mass is 315 g/mol. The van der Waals surface area contributed by atoms with Crippen LogP contribution in [0.15, 0.2) is 18.5 Å². The first-order chi connectivity index (χ1) is 11.1. The average molecular weight is 315 g/mol. The molecule has 0 aliphatic carbocycles. The van der Waals surface area contributed by atoms with Crippen LogP contribution < -0.4 is 5.32 Å². The number of hydrogen-bond acceptors (Lipinski definition) is 6. The number of aromatic nitrogens is 6. The molecule has 1 atom stereocenters. The summed E-state index contributed by atoms with van der Waals surface area (Å²) >= 11 is 0. The van der Waals surface area contributed by atoms with E-state index in [0.717, 1.165) is 29.0 Å². The molecule has 122 valence electrons. The van der Waals surface area contributed by atoms with Gasteiger partial charge in [0.25, 0.3) is 0 Å².